The highest BCUT2D eigenvalue weighted by molar-refractivity contribution is 5.87. The number of para-hydroxylation sites is 1. The van der Waals surface area contributed by atoms with Gasteiger partial charge in [0.2, 0.25) is 11.8 Å². The number of carbonyl (C=O) groups excluding carboxylic acids is 2. The third-order valence-corrected chi connectivity index (χ3v) is 6.00. The Hall–Kier alpha value is -3.60. The van der Waals surface area contributed by atoms with Crippen LogP contribution >= 0.6 is 0 Å². The van der Waals surface area contributed by atoms with Crippen molar-refractivity contribution in [1.82, 2.24) is 9.80 Å². The Kier molecular flexibility index (Phi) is 7.75. The summed E-state index contributed by atoms with van der Waals surface area (Å²) in [5.74, 6) is 0.713. The van der Waals surface area contributed by atoms with Crippen LogP contribution in [0.4, 0.5) is 0 Å². The summed E-state index contributed by atoms with van der Waals surface area (Å²) in [7, 11) is 0. The summed E-state index contributed by atoms with van der Waals surface area (Å²) in [6.07, 6.45) is 1.13. The predicted octanol–water partition coefficient (Wildman–Crippen LogP) is 4.35. The molecule has 33 heavy (non-hydrogen) atoms. The van der Waals surface area contributed by atoms with Gasteiger partial charge in [0, 0.05) is 32.6 Å². The van der Waals surface area contributed by atoms with E-state index in [4.69, 9.17) is 4.74 Å². The van der Waals surface area contributed by atoms with Gasteiger partial charge in [0.15, 0.2) is 0 Å². The van der Waals surface area contributed by atoms with Crippen molar-refractivity contribution in [1.29, 1.82) is 0 Å². The molecular formula is C28H30N2O3. The van der Waals surface area contributed by atoms with Crippen LogP contribution in [-0.2, 0) is 9.59 Å². The van der Waals surface area contributed by atoms with Crippen LogP contribution in [-0.4, -0.2) is 54.4 Å². The summed E-state index contributed by atoms with van der Waals surface area (Å²) < 4.78 is 5.68. The van der Waals surface area contributed by atoms with Crippen LogP contribution in [0.25, 0.3) is 0 Å². The Morgan fingerprint density at radius 3 is 1.73 bits per heavy atom. The Bertz CT molecular complexity index is 977. The quantitative estimate of drug-likeness (QED) is 0.488. The van der Waals surface area contributed by atoms with Crippen LogP contribution in [0.2, 0.25) is 0 Å². The van der Waals surface area contributed by atoms with Crippen LogP contribution in [0, 0.1) is 0 Å². The second kappa shape index (κ2) is 11.3. The molecule has 0 radical (unpaired) electrons. The third kappa shape index (κ3) is 6.01. The van der Waals surface area contributed by atoms with Gasteiger partial charge in [-0.2, -0.15) is 0 Å². The average Bonchev–Trinajstić information content (AvgIpc) is 2.88. The van der Waals surface area contributed by atoms with Gasteiger partial charge in [-0.25, -0.2) is 0 Å². The van der Waals surface area contributed by atoms with Crippen molar-refractivity contribution in [3.05, 3.63) is 102 Å². The summed E-state index contributed by atoms with van der Waals surface area (Å²) in [5.41, 5.74) is 1.98. The van der Waals surface area contributed by atoms with E-state index in [-0.39, 0.29) is 17.7 Å². The Morgan fingerprint density at radius 1 is 0.697 bits per heavy atom. The highest BCUT2D eigenvalue weighted by Crippen LogP contribution is 2.27. The molecule has 0 saturated carbocycles. The number of hydrogen-bond donors (Lipinski definition) is 0. The third-order valence-electron chi connectivity index (χ3n) is 6.00. The van der Waals surface area contributed by atoms with Crippen LogP contribution in [0.1, 0.15) is 29.9 Å². The van der Waals surface area contributed by atoms with Crippen molar-refractivity contribution in [2.75, 3.05) is 32.8 Å². The number of nitrogens with zero attached hydrogens (tertiary/aromatic N) is 2. The SMILES string of the molecule is O=C(CCCOc1ccccc1)N1CCN(C(=O)C(c2ccccc2)c2ccccc2)CC1. The molecule has 3 aromatic rings. The molecule has 0 bridgehead atoms. The average molecular weight is 443 g/mol. The summed E-state index contributed by atoms with van der Waals surface area (Å²) in [4.78, 5) is 29.9. The molecule has 5 nitrogen and oxygen atoms in total. The van der Waals surface area contributed by atoms with E-state index >= 15 is 0 Å². The summed E-state index contributed by atoms with van der Waals surface area (Å²) >= 11 is 0. The highest BCUT2D eigenvalue weighted by Gasteiger charge is 2.30. The first-order valence-electron chi connectivity index (χ1n) is 11.6. The second-order valence-electron chi connectivity index (χ2n) is 8.23. The number of ether oxygens (including phenoxy) is 1. The Morgan fingerprint density at radius 2 is 1.18 bits per heavy atom. The molecule has 0 N–H and O–H groups in total. The summed E-state index contributed by atoms with van der Waals surface area (Å²) in [5, 5.41) is 0. The number of hydrogen-bond acceptors (Lipinski definition) is 3. The Balaban J connectivity index is 1.30. The van der Waals surface area contributed by atoms with E-state index in [1.54, 1.807) is 0 Å². The van der Waals surface area contributed by atoms with Crippen LogP contribution in [0.5, 0.6) is 5.75 Å². The first kappa shape index (κ1) is 22.6. The molecule has 0 aliphatic carbocycles. The number of amides is 2. The lowest BCUT2D eigenvalue weighted by Gasteiger charge is -2.36. The minimum Gasteiger partial charge on any atom is -0.494 e. The molecule has 0 spiro atoms. The molecule has 0 unspecified atom stereocenters. The predicted molar refractivity (Wildman–Crippen MR) is 129 cm³/mol. The van der Waals surface area contributed by atoms with Gasteiger partial charge in [-0.1, -0.05) is 78.9 Å². The molecule has 170 valence electrons. The molecule has 1 fully saturated rings. The maximum absolute atomic E-state index is 13.5. The van der Waals surface area contributed by atoms with Gasteiger partial charge in [-0.3, -0.25) is 9.59 Å². The maximum atomic E-state index is 13.5. The standard InChI is InChI=1S/C28H30N2O3/c31-26(17-10-22-33-25-15-8-3-9-16-25)29-18-20-30(21-19-29)28(32)27(23-11-4-1-5-12-23)24-13-6-2-7-14-24/h1-9,11-16,27H,10,17-22H2. The first-order chi connectivity index (χ1) is 16.2. The zero-order valence-corrected chi connectivity index (χ0v) is 18.8. The van der Waals surface area contributed by atoms with Crippen LogP contribution in [0.3, 0.4) is 0 Å². The van der Waals surface area contributed by atoms with Crippen molar-refractivity contribution in [2.45, 2.75) is 18.8 Å². The molecule has 5 heteroatoms. The highest BCUT2D eigenvalue weighted by atomic mass is 16.5. The van der Waals surface area contributed by atoms with E-state index in [0.29, 0.717) is 45.6 Å². The van der Waals surface area contributed by atoms with E-state index < -0.39 is 0 Å². The van der Waals surface area contributed by atoms with Crippen LogP contribution in [0.15, 0.2) is 91.0 Å². The van der Waals surface area contributed by atoms with Gasteiger partial charge in [0.05, 0.1) is 12.5 Å². The van der Waals surface area contributed by atoms with Gasteiger partial charge in [-0.05, 0) is 29.7 Å². The molecule has 3 aromatic carbocycles. The van der Waals surface area contributed by atoms with Gasteiger partial charge in [0.1, 0.15) is 5.75 Å². The fraction of sp³-hybridized carbons (Fsp3) is 0.286. The smallest absolute Gasteiger partial charge is 0.234 e. The molecule has 1 aliphatic heterocycles. The molecule has 1 saturated heterocycles. The fourth-order valence-electron chi connectivity index (χ4n) is 4.22. The molecule has 1 aliphatic rings. The number of carbonyl (C=O) groups is 2. The molecular weight excluding hydrogens is 412 g/mol. The molecule has 1 heterocycles. The topological polar surface area (TPSA) is 49.9 Å². The van der Waals surface area contributed by atoms with Crippen molar-refractivity contribution in [3.63, 3.8) is 0 Å². The van der Waals surface area contributed by atoms with Gasteiger partial charge < -0.3 is 14.5 Å². The largest absolute Gasteiger partial charge is 0.494 e. The van der Waals surface area contributed by atoms with Crippen molar-refractivity contribution >= 4 is 11.8 Å². The monoisotopic (exact) mass is 442 g/mol. The van der Waals surface area contributed by atoms with Crippen molar-refractivity contribution in [2.24, 2.45) is 0 Å². The van der Waals surface area contributed by atoms with E-state index in [9.17, 15) is 9.59 Å². The molecule has 2 amide bonds. The summed E-state index contributed by atoms with van der Waals surface area (Å²) in [6, 6.07) is 29.5. The Labute approximate surface area is 195 Å². The van der Waals surface area contributed by atoms with E-state index in [2.05, 4.69) is 0 Å². The number of benzene rings is 3. The van der Waals surface area contributed by atoms with Crippen molar-refractivity contribution in [3.8, 4) is 5.75 Å². The normalized spacial score (nSPS) is 13.7. The molecule has 0 atom stereocenters. The number of rotatable bonds is 8. The minimum atomic E-state index is -0.329. The van der Waals surface area contributed by atoms with E-state index in [1.807, 2.05) is 101 Å². The second-order valence-corrected chi connectivity index (χ2v) is 8.23. The fourth-order valence-corrected chi connectivity index (χ4v) is 4.22. The lowest BCUT2D eigenvalue weighted by molar-refractivity contribution is -0.140. The van der Waals surface area contributed by atoms with E-state index in [0.717, 1.165) is 16.9 Å². The zero-order chi connectivity index (χ0) is 22.9. The minimum absolute atomic E-state index is 0.0933. The lowest BCUT2D eigenvalue weighted by Crippen LogP contribution is -2.51. The number of piperazine rings is 1. The first-order valence-corrected chi connectivity index (χ1v) is 11.6. The van der Waals surface area contributed by atoms with E-state index in [1.165, 1.54) is 0 Å². The summed E-state index contributed by atoms with van der Waals surface area (Å²) in [6.45, 7) is 2.77. The van der Waals surface area contributed by atoms with Gasteiger partial charge >= 0.3 is 0 Å². The van der Waals surface area contributed by atoms with Crippen LogP contribution < -0.4 is 4.74 Å². The molecule has 0 aromatic heterocycles. The lowest BCUT2D eigenvalue weighted by atomic mass is 9.90. The zero-order valence-electron chi connectivity index (χ0n) is 18.8. The van der Waals surface area contributed by atoms with Crippen molar-refractivity contribution < 1.29 is 14.3 Å². The van der Waals surface area contributed by atoms with Gasteiger partial charge in [0.25, 0.3) is 0 Å². The maximum Gasteiger partial charge on any atom is 0.234 e. The van der Waals surface area contributed by atoms with Gasteiger partial charge in [-0.15, -0.1) is 0 Å². The molecule has 4 rings (SSSR count).